The minimum absolute atomic E-state index is 0.134. The number of rotatable bonds is 8. The molecule has 9 nitrogen and oxygen atoms in total. The minimum atomic E-state index is -1.55. The summed E-state index contributed by atoms with van der Waals surface area (Å²) in [4.78, 5) is 26.8. The molecule has 1 amide bonds. The summed E-state index contributed by atoms with van der Waals surface area (Å²) in [6, 6.07) is 20.5. The van der Waals surface area contributed by atoms with Crippen LogP contribution in [0, 0.1) is 0 Å². The van der Waals surface area contributed by atoms with Gasteiger partial charge in [0.1, 0.15) is 5.56 Å². The number of carbonyl (C=O) groups is 1. The molecule has 188 valence electrons. The molecule has 37 heavy (non-hydrogen) atoms. The molecule has 0 bridgehead atoms. The van der Waals surface area contributed by atoms with Gasteiger partial charge in [0.15, 0.2) is 22.9 Å². The van der Waals surface area contributed by atoms with Crippen LogP contribution in [0.4, 0.5) is 5.82 Å². The number of amides is 1. The van der Waals surface area contributed by atoms with Crippen molar-refractivity contribution < 1.29 is 14.6 Å². The number of aliphatic hydroxyl groups is 1. The maximum Gasteiger partial charge on any atom is 0.262 e. The van der Waals surface area contributed by atoms with E-state index in [0.717, 1.165) is 6.54 Å². The van der Waals surface area contributed by atoms with E-state index >= 15 is 0 Å². The van der Waals surface area contributed by atoms with E-state index in [-0.39, 0.29) is 11.4 Å². The van der Waals surface area contributed by atoms with E-state index in [2.05, 4.69) is 15.3 Å². The molecule has 0 unspecified atom stereocenters. The number of carbonyl (C=O) groups excluding carboxylic acids is 1. The van der Waals surface area contributed by atoms with Gasteiger partial charge in [-0.2, -0.15) is 4.98 Å². The average Bonchev–Trinajstić information content (AvgIpc) is 3.56. The summed E-state index contributed by atoms with van der Waals surface area (Å²) in [5.74, 6) is 0.562. The van der Waals surface area contributed by atoms with Gasteiger partial charge in [0.2, 0.25) is 5.88 Å². The van der Waals surface area contributed by atoms with E-state index < -0.39 is 11.5 Å². The number of fused-ring (bicyclic) bond motifs is 1. The number of ether oxygens (including phenoxy) is 1. The molecule has 5 aromatic rings. The molecule has 0 radical (unpaired) electrons. The number of hydrogen-bond acceptors (Lipinski definition) is 6. The van der Waals surface area contributed by atoms with Gasteiger partial charge in [0, 0.05) is 19.3 Å². The number of aromatic nitrogens is 5. The third kappa shape index (κ3) is 4.23. The molecular formula is C28H28N6O3. The summed E-state index contributed by atoms with van der Waals surface area (Å²) in [7, 11) is 1.46. The van der Waals surface area contributed by atoms with Gasteiger partial charge in [-0.15, -0.1) is 0 Å². The van der Waals surface area contributed by atoms with Crippen LogP contribution in [0.1, 0.15) is 41.2 Å². The SMILES string of the molecule is CCn1cnc(NC(=O)c2cc3c(nc2OC)nc(C(O)(c2ccccc2)c2ccccc2)n3CC)c1. The Kier molecular flexibility index (Phi) is 6.45. The second-order valence-electron chi connectivity index (χ2n) is 8.55. The molecule has 0 spiro atoms. The zero-order chi connectivity index (χ0) is 26.0. The van der Waals surface area contributed by atoms with Crippen LogP contribution in [0.5, 0.6) is 5.88 Å². The first-order chi connectivity index (χ1) is 18.0. The van der Waals surface area contributed by atoms with Gasteiger partial charge >= 0.3 is 0 Å². The highest BCUT2D eigenvalue weighted by Crippen LogP contribution is 2.38. The van der Waals surface area contributed by atoms with Gasteiger partial charge in [-0.3, -0.25) is 4.79 Å². The normalized spacial score (nSPS) is 11.6. The Labute approximate surface area is 214 Å². The molecule has 3 aromatic heterocycles. The van der Waals surface area contributed by atoms with Crippen molar-refractivity contribution in [2.24, 2.45) is 0 Å². The third-order valence-electron chi connectivity index (χ3n) is 6.41. The molecule has 2 aromatic carbocycles. The van der Waals surface area contributed by atoms with E-state index in [1.165, 1.54) is 7.11 Å². The number of benzene rings is 2. The predicted octanol–water partition coefficient (Wildman–Crippen LogP) is 4.21. The van der Waals surface area contributed by atoms with Crippen molar-refractivity contribution in [1.82, 2.24) is 24.1 Å². The average molecular weight is 497 g/mol. The lowest BCUT2D eigenvalue weighted by atomic mass is 9.85. The predicted molar refractivity (Wildman–Crippen MR) is 141 cm³/mol. The Morgan fingerprint density at radius 2 is 1.65 bits per heavy atom. The van der Waals surface area contributed by atoms with Gasteiger partial charge in [0.25, 0.3) is 5.91 Å². The fourth-order valence-electron chi connectivity index (χ4n) is 4.51. The summed E-state index contributed by atoms with van der Waals surface area (Å²) >= 11 is 0. The fourth-order valence-corrected chi connectivity index (χ4v) is 4.51. The van der Waals surface area contributed by atoms with Gasteiger partial charge < -0.3 is 24.3 Å². The Morgan fingerprint density at radius 1 is 1.00 bits per heavy atom. The first-order valence-electron chi connectivity index (χ1n) is 12.1. The van der Waals surface area contributed by atoms with Crippen molar-refractivity contribution >= 4 is 22.9 Å². The fraction of sp³-hybridized carbons (Fsp3) is 0.214. The van der Waals surface area contributed by atoms with Crippen LogP contribution in [-0.2, 0) is 18.7 Å². The molecule has 3 heterocycles. The number of pyridine rings is 1. The second kappa shape index (κ2) is 9.87. The summed E-state index contributed by atoms with van der Waals surface area (Å²) < 4.78 is 9.21. The molecule has 0 aliphatic carbocycles. The molecule has 0 saturated heterocycles. The standard InChI is InChI=1S/C28H28N6O3/c1-4-33-17-23(29-18-33)30-25(35)21-16-22-24(31-26(21)37-3)32-27(34(22)5-2)28(36,19-12-8-6-9-13-19)20-14-10-7-11-15-20/h6-18,36H,4-5H2,1-3H3,(H,30,35). The largest absolute Gasteiger partial charge is 0.480 e. The van der Waals surface area contributed by atoms with E-state index in [4.69, 9.17) is 9.72 Å². The third-order valence-corrected chi connectivity index (χ3v) is 6.41. The van der Waals surface area contributed by atoms with Crippen LogP contribution < -0.4 is 10.1 Å². The van der Waals surface area contributed by atoms with Crippen molar-refractivity contribution in [3.63, 3.8) is 0 Å². The second-order valence-corrected chi connectivity index (χ2v) is 8.55. The molecule has 0 aliphatic heterocycles. The topological polar surface area (TPSA) is 107 Å². The van der Waals surface area contributed by atoms with Crippen molar-refractivity contribution in [1.29, 1.82) is 0 Å². The van der Waals surface area contributed by atoms with Gasteiger partial charge in [0.05, 0.1) is 19.0 Å². The van der Waals surface area contributed by atoms with Crippen LogP contribution in [0.3, 0.4) is 0 Å². The van der Waals surface area contributed by atoms with E-state index in [1.54, 1.807) is 18.6 Å². The lowest BCUT2D eigenvalue weighted by Gasteiger charge is -2.29. The quantitative estimate of drug-likeness (QED) is 0.333. The molecule has 0 aliphatic rings. The van der Waals surface area contributed by atoms with Crippen LogP contribution in [-0.4, -0.2) is 42.2 Å². The van der Waals surface area contributed by atoms with Gasteiger partial charge in [-0.05, 0) is 31.0 Å². The van der Waals surface area contributed by atoms with Crippen molar-refractivity contribution in [3.05, 3.63) is 102 Å². The number of imidazole rings is 2. The lowest BCUT2D eigenvalue weighted by molar-refractivity contribution is 0.102. The van der Waals surface area contributed by atoms with Gasteiger partial charge in [-0.1, -0.05) is 60.7 Å². The first kappa shape index (κ1) is 24.2. The maximum atomic E-state index is 13.2. The molecule has 2 N–H and O–H groups in total. The van der Waals surface area contributed by atoms with Crippen LogP contribution in [0.25, 0.3) is 11.2 Å². The highest BCUT2D eigenvalue weighted by atomic mass is 16.5. The first-order valence-corrected chi connectivity index (χ1v) is 12.1. The van der Waals surface area contributed by atoms with Crippen molar-refractivity contribution in [2.75, 3.05) is 12.4 Å². The van der Waals surface area contributed by atoms with Crippen molar-refractivity contribution in [2.45, 2.75) is 32.5 Å². The van der Waals surface area contributed by atoms with Gasteiger partial charge in [-0.25, -0.2) is 9.97 Å². The van der Waals surface area contributed by atoms with Crippen LogP contribution in [0.2, 0.25) is 0 Å². The zero-order valence-corrected chi connectivity index (χ0v) is 20.9. The zero-order valence-electron chi connectivity index (χ0n) is 20.9. The Bertz CT molecular complexity index is 1500. The minimum Gasteiger partial charge on any atom is -0.480 e. The van der Waals surface area contributed by atoms with Crippen LogP contribution in [0.15, 0.2) is 79.3 Å². The van der Waals surface area contributed by atoms with Crippen molar-refractivity contribution in [3.8, 4) is 5.88 Å². The van der Waals surface area contributed by atoms with Crippen LogP contribution >= 0.6 is 0 Å². The summed E-state index contributed by atoms with van der Waals surface area (Å²) in [6.45, 7) is 5.18. The summed E-state index contributed by atoms with van der Waals surface area (Å²) in [6.07, 6.45) is 3.41. The molecule has 0 fully saturated rings. The monoisotopic (exact) mass is 496 g/mol. The number of aryl methyl sites for hydroxylation is 2. The van der Waals surface area contributed by atoms with E-state index in [1.807, 2.05) is 83.6 Å². The summed E-state index contributed by atoms with van der Waals surface area (Å²) in [5.41, 5.74) is 0.996. The number of anilines is 1. The maximum absolute atomic E-state index is 13.2. The smallest absolute Gasteiger partial charge is 0.262 e. The molecule has 5 rings (SSSR count). The van der Waals surface area contributed by atoms with E-state index in [9.17, 15) is 9.90 Å². The Morgan fingerprint density at radius 3 is 2.19 bits per heavy atom. The number of nitrogens with zero attached hydrogens (tertiary/aromatic N) is 5. The number of methoxy groups -OCH3 is 1. The number of hydrogen-bond donors (Lipinski definition) is 2. The Hall–Kier alpha value is -4.50. The summed E-state index contributed by atoms with van der Waals surface area (Å²) in [5, 5.41) is 15.1. The van der Waals surface area contributed by atoms with E-state index in [0.29, 0.717) is 40.5 Å². The highest BCUT2D eigenvalue weighted by molar-refractivity contribution is 6.06. The molecule has 0 saturated carbocycles. The molecule has 9 heteroatoms. The molecule has 0 atom stereocenters. The lowest BCUT2D eigenvalue weighted by Crippen LogP contribution is -2.32. The highest BCUT2D eigenvalue weighted by Gasteiger charge is 2.39. The Balaban J connectivity index is 1.68. The molecular weight excluding hydrogens is 468 g/mol. The number of nitrogens with one attached hydrogen (secondary N) is 1.